The number of rotatable bonds is 5. The second-order valence-electron chi connectivity index (χ2n) is 6.08. The maximum absolute atomic E-state index is 6.10. The van der Waals surface area contributed by atoms with E-state index in [9.17, 15) is 0 Å². The number of nitrogens with two attached hydrogens (primary N) is 1. The molecule has 2 rings (SSSR count). The van der Waals surface area contributed by atoms with Gasteiger partial charge in [0.15, 0.2) is 0 Å². The molecule has 0 aliphatic heterocycles. The van der Waals surface area contributed by atoms with E-state index in [0.29, 0.717) is 5.41 Å². The average Bonchev–Trinajstić information content (AvgIpc) is 2.44. The SMILES string of the molecule is CCCC1CCC(CN)(Cc2ccc(Br)cn2)CC1. The summed E-state index contributed by atoms with van der Waals surface area (Å²) in [5.74, 6) is 0.933. The summed E-state index contributed by atoms with van der Waals surface area (Å²) in [4.78, 5) is 4.52. The van der Waals surface area contributed by atoms with E-state index in [4.69, 9.17) is 5.73 Å². The summed E-state index contributed by atoms with van der Waals surface area (Å²) in [5, 5.41) is 0. The van der Waals surface area contributed by atoms with E-state index < -0.39 is 0 Å². The summed E-state index contributed by atoms with van der Waals surface area (Å²) < 4.78 is 1.05. The topological polar surface area (TPSA) is 38.9 Å². The van der Waals surface area contributed by atoms with Crippen LogP contribution in [0.25, 0.3) is 0 Å². The van der Waals surface area contributed by atoms with Gasteiger partial charge in [0.1, 0.15) is 0 Å². The maximum Gasteiger partial charge on any atom is 0.0413 e. The van der Waals surface area contributed by atoms with Crippen LogP contribution in [0.3, 0.4) is 0 Å². The molecule has 1 aliphatic rings. The number of hydrogen-bond acceptors (Lipinski definition) is 2. The van der Waals surface area contributed by atoms with Crippen LogP contribution in [-0.2, 0) is 6.42 Å². The first kappa shape index (κ1) is 15.0. The quantitative estimate of drug-likeness (QED) is 0.875. The van der Waals surface area contributed by atoms with E-state index in [2.05, 4.69) is 40.0 Å². The molecule has 1 heterocycles. The van der Waals surface area contributed by atoms with Crippen LogP contribution in [0.5, 0.6) is 0 Å². The minimum absolute atomic E-state index is 0.297. The molecule has 0 saturated heterocycles. The summed E-state index contributed by atoms with van der Waals surface area (Å²) in [6, 6.07) is 4.20. The fraction of sp³-hybridized carbons (Fsp3) is 0.688. The number of pyridine rings is 1. The molecule has 0 amide bonds. The molecule has 19 heavy (non-hydrogen) atoms. The molecule has 1 aromatic heterocycles. The minimum Gasteiger partial charge on any atom is -0.330 e. The van der Waals surface area contributed by atoms with E-state index in [1.54, 1.807) is 0 Å². The highest BCUT2D eigenvalue weighted by molar-refractivity contribution is 9.10. The van der Waals surface area contributed by atoms with Crippen LogP contribution in [0.15, 0.2) is 22.8 Å². The fourth-order valence-electron chi connectivity index (χ4n) is 3.34. The zero-order chi connectivity index (χ0) is 13.7. The summed E-state index contributed by atoms with van der Waals surface area (Å²) in [7, 11) is 0. The molecule has 0 aromatic carbocycles. The van der Waals surface area contributed by atoms with E-state index in [-0.39, 0.29) is 0 Å². The molecule has 1 aromatic rings. The molecule has 0 spiro atoms. The fourth-order valence-corrected chi connectivity index (χ4v) is 3.57. The second-order valence-corrected chi connectivity index (χ2v) is 7.00. The van der Waals surface area contributed by atoms with Crippen LogP contribution in [0, 0.1) is 11.3 Å². The molecule has 2 N–H and O–H groups in total. The van der Waals surface area contributed by atoms with Gasteiger partial charge in [0.05, 0.1) is 0 Å². The van der Waals surface area contributed by atoms with Gasteiger partial charge < -0.3 is 5.73 Å². The Labute approximate surface area is 125 Å². The zero-order valence-corrected chi connectivity index (χ0v) is 13.5. The first-order valence-electron chi connectivity index (χ1n) is 7.48. The first-order chi connectivity index (χ1) is 9.17. The van der Waals surface area contributed by atoms with Gasteiger partial charge in [-0.2, -0.15) is 0 Å². The van der Waals surface area contributed by atoms with Crippen molar-refractivity contribution < 1.29 is 0 Å². The number of aromatic nitrogens is 1. The van der Waals surface area contributed by atoms with Crippen molar-refractivity contribution in [2.75, 3.05) is 6.54 Å². The van der Waals surface area contributed by atoms with Gasteiger partial charge >= 0.3 is 0 Å². The Kier molecular flexibility index (Phi) is 5.40. The van der Waals surface area contributed by atoms with Gasteiger partial charge in [-0.3, -0.25) is 4.98 Å². The van der Waals surface area contributed by atoms with E-state index in [0.717, 1.165) is 23.4 Å². The Balaban J connectivity index is 1.98. The Morgan fingerprint density at radius 1 is 1.37 bits per heavy atom. The summed E-state index contributed by atoms with van der Waals surface area (Å²) in [5.41, 5.74) is 7.58. The van der Waals surface area contributed by atoms with Crippen LogP contribution < -0.4 is 5.73 Å². The van der Waals surface area contributed by atoms with Crippen LogP contribution in [0.1, 0.15) is 51.1 Å². The predicted octanol–water partition coefficient (Wildman–Crippen LogP) is 4.32. The summed E-state index contributed by atoms with van der Waals surface area (Å²) >= 11 is 3.44. The number of halogens is 1. The Bertz CT molecular complexity index is 380. The van der Waals surface area contributed by atoms with Crippen molar-refractivity contribution in [2.24, 2.45) is 17.1 Å². The van der Waals surface area contributed by atoms with E-state index in [1.807, 2.05) is 6.20 Å². The second kappa shape index (κ2) is 6.85. The Morgan fingerprint density at radius 3 is 2.63 bits per heavy atom. The molecule has 3 heteroatoms. The Hall–Kier alpha value is -0.410. The van der Waals surface area contributed by atoms with Crippen molar-refractivity contribution in [3.05, 3.63) is 28.5 Å². The third kappa shape index (κ3) is 4.03. The Morgan fingerprint density at radius 2 is 2.11 bits per heavy atom. The molecule has 2 nitrogen and oxygen atoms in total. The lowest BCUT2D eigenvalue weighted by atomic mass is 9.67. The van der Waals surface area contributed by atoms with Gasteiger partial charge in [0, 0.05) is 16.4 Å². The normalized spacial score (nSPS) is 27.4. The molecule has 0 atom stereocenters. The van der Waals surface area contributed by atoms with Crippen LogP contribution in [-0.4, -0.2) is 11.5 Å². The monoisotopic (exact) mass is 324 g/mol. The van der Waals surface area contributed by atoms with Gasteiger partial charge in [0.25, 0.3) is 0 Å². The number of hydrogen-bond donors (Lipinski definition) is 1. The highest BCUT2D eigenvalue weighted by Crippen LogP contribution is 2.41. The molecular formula is C16H25BrN2. The van der Waals surface area contributed by atoms with Crippen molar-refractivity contribution in [3.8, 4) is 0 Å². The van der Waals surface area contributed by atoms with Gasteiger partial charge in [0.2, 0.25) is 0 Å². The van der Waals surface area contributed by atoms with Gasteiger partial charge in [-0.1, -0.05) is 19.8 Å². The highest BCUT2D eigenvalue weighted by atomic mass is 79.9. The molecule has 1 fully saturated rings. The molecule has 106 valence electrons. The number of nitrogens with zero attached hydrogens (tertiary/aromatic N) is 1. The molecule has 0 bridgehead atoms. The smallest absolute Gasteiger partial charge is 0.0413 e. The van der Waals surface area contributed by atoms with Crippen molar-refractivity contribution in [2.45, 2.75) is 51.9 Å². The lowest BCUT2D eigenvalue weighted by Gasteiger charge is -2.39. The first-order valence-corrected chi connectivity index (χ1v) is 8.27. The average molecular weight is 325 g/mol. The summed E-state index contributed by atoms with van der Waals surface area (Å²) in [6.07, 6.45) is 10.9. The van der Waals surface area contributed by atoms with Crippen LogP contribution in [0.2, 0.25) is 0 Å². The van der Waals surface area contributed by atoms with Crippen molar-refractivity contribution in [1.29, 1.82) is 0 Å². The largest absolute Gasteiger partial charge is 0.330 e. The lowest BCUT2D eigenvalue weighted by molar-refractivity contribution is 0.149. The molecule has 0 radical (unpaired) electrons. The minimum atomic E-state index is 0.297. The molecule has 1 aliphatic carbocycles. The standard InChI is InChI=1S/C16H25BrN2/c1-2-3-13-6-8-16(12-18,9-7-13)10-15-5-4-14(17)11-19-15/h4-5,11,13H,2-3,6-10,12,18H2,1H3. The van der Waals surface area contributed by atoms with E-state index >= 15 is 0 Å². The molecule has 0 unspecified atom stereocenters. The highest BCUT2D eigenvalue weighted by Gasteiger charge is 2.34. The zero-order valence-electron chi connectivity index (χ0n) is 11.9. The lowest BCUT2D eigenvalue weighted by Crippen LogP contribution is -2.37. The van der Waals surface area contributed by atoms with Gasteiger partial charge in [-0.25, -0.2) is 0 Å². The molecular weight excluding hydrogens is 300 g/mol. The summed E-state index contributed by atoms with van der Waals surface area (Å²) in [6.45, 7) is 3.08. The predicted molar refractivity (Wildman–Crippen MR) is 84.0 cm³/mol. The van der Waals surface area contributed by atoms with Crippen LogP contribution >= 0.6 is 15.9 Å². The maximum atomic E-state index is 6.10. The third-order valence-electron chi connectivity index (χ3n) is 4.64. The van der Waals surface area contributed by atoms with Gasteiger partial charge in [-0.05, 0) is 78.0 Å². The van der Waals surface area contributed by atoms with Crippen molar-refractivity contribution in [3.63, 3.8) is 0 Å². The van der Waals surface area contributed by atoms with Crippen molar-refractivity contribution >= 4 is 15.9 Å². The van der Waals surface area contributed by atoms with Gasteiger partial charge in [-0.15, -0.1) is 0 Å². The third-order valence-corrected chi connectivity index (χ3v) is 5.11. The van der Waals surface area contributed by atoms with Crippen LogP contribution in [0.4, 0.5) is 0 Å². The van der Waals surface area contributed by atoms with Crippen molar-refractivity contribution in [1.82, 2.24) is 4.98 Å². The van der Waals surface area contributed by atoms with E-state index in [1.165, 1.54) is 44.2 Å². The molecule has 1 saturated carbocycles.